The summed E-state index contributed by atoms with van der Waals surface area (Å²) < 4.78 is 13.8. The molecule has 29 heavy (non-hydrogen) atoms. The summed E-state index contributed by atoms with van der Waals surface area (Å²) in [5.41, 5.74) is 2.80. The zero-order valence-corrected chi connectivity index (χ0v) is 17.3. The van der Waals surface area contributed by atoms with Crippen molar-refractivity contribution in [2.45, 2.75) is 40.3 Å². The topological polar surface area (TPSA) is 100 Å². The van der Waals surface area contributed by atoms with E-state index in [1.807, 2.05) is 25.3 Å². The molecule has 3 aromatic rings. The van der Waals surface area contributed by atoms with E-state index in [0.29, 0.717) is 47.1 Å². The predicted octanol–water partition coefficient (Wildman–Crippen LogP) is 3.02. The van der Waals surface area contributed by atoms with E-state index in [4.69, 9.17) is 9.47 Å². The van der Waals surface area contributed by atoms with Crippen LogP contribution in [0.4, 0.5) is 5.95 Å². The molecular weight excluding hydrogens is 374 g/mol. The van der Waals surface area contributed by atoms with Gasteiger partial charge < -0.3 is 14.0 Å². The Balaban J connectivity index is 2.10. The van der Waals surface area contributed by atoms with Gasteiger partial charge in [0.15, 0.2) is 0 Å². The number of carbonyl (C=O) groups is 2. The Morgan fingerprint density at radius 3 is 2.55 bits per heavy atom. The zero-order chi connectivity index (χ0) is 21.1. The first-order valence-electron chi connectivity index (χ1n) is 9.45. The molecule has 9 nitrogen and oxygen atoms in total. The third-order valence-corrected chi connectivity index (χ3v) is 4.55. The van der Waals surface area contributed by atoms with Crippen molar-refractivity contribution in [3.63, 3.8) is 0 Å². The molecule has 9 heteroatoms. The maximum Gasteiger partial charge on any atom is 0.338 e. The molecule has 0 fully saturated rings. The summed E-state index contributed by atoms with van der Waals surface area (Å²) in [7, 11) is 2.85. The van der Waals surface area contributed by atoms with E-state index < -0.39 is 5.97 Å². The molecule has 3 rings (SSSR count). The number of anilines is 1. The number of carbonyl (C=O) groups excluding carboxylic acids is 2. The van der Waals surface area contributed by atoms with E-state index in [1.54, 1.807) is 22.9 Å². The van der Waals surface area contributed by atoms with Gasteiger partial charge in [-0.1, -0.05) is 6.92 Å². The second-order valence-corrected chi connectivity index (χ2v) is 6.57. The van der Waals surface area contributed by atoms with Gasteiger partial charge in [-0.05, 0) is 38.5 Å². The highest BCUT2D eigenvalue weighted by molar-refractivity contribution is 6.04. The number of aromatic nitrogens is 4. The number of hydrogen-bond acceptors (Lipinski definition) is 6. The fraction of sp³-hybridized carbons (Fsp3) is 0.400. The molecule has 154 valence electrons. The van der Waals surface area contributed by atoms with Crippen LogP contribution < -0.4 is 10.1 Å². The van der Waals surface area contributed by atoms with Crippen LogP contribution in [0.25, 0.3) is 11.0 Å². The summed E-state index contributed by atoms with van der Waals surface area (Å²) in [6.07, 6.45) is 0.822. The predicted molar refractivity (Wildman–Crippen MR) is 109 cm³/mol. The van der Waals surface area contributed by atoms with Crippen molar-refractivity contribution in [3.05, 3.63) is 35.2 Å². The van der Waals surface area contributed by atoms with Crippen LogP contribution in [0.3, 0.4) is 0 Å². The minimum atomic E-state index is -0.483. The number of amides is 1. The van der Waals surface area contributed by atoms with E-state index >= 15 is 0 Å². The van der Waals surface area contributed by atoms with Crippen molar-refractivity contribution in [2.24, 2.45) is 0 Å². The average molecular weight is 399 g/mol. The van der Waals surface area contributed by atoms with Gasteiger partial charge in [0.1, 0.15) is 17.0 Å². The largest absolute Gasteiger partial charge is 0.494 e. The molecule has 2 aromatic heterocycles. The van der Waals surface area contributed by atoms with Gasteiger partial charge in [-0.25, -0.2) is 9.78 Å². The Labute approximate surface area is 168 Å². The maximum absolute atomic E-state index is 12.9. The highest BCUT2D eigenvalue weighted by Crippen LogP contribution is 2.31. The highest BCUT2D eigenvalue weighted by atomic mass is 16.5. The molecule has 1 aromatic carbocycles. The summed E-state index contributed by atoms with van der Waals surface area (Å²) >= 11 is 0. The average Bonchev–Trinajstić information content (AvgIpc) is 3.27. The van der Waals surface area contributed by atoms with E-state index in [2.05, 4.69) is 15.4 Å². The number of fused-ring (bicyclic) bond motifs is 1. The number of rotatable bonds is 7. The molecule has 1 amide bonds. The number of imidazole rings is 1. The summed E-state index contributed by atoms with van der Waals surface area (Å²) in [4.78, 5) is 29.4. The van der Waals surface area contributed by atoms with Gasteiger partial charge in [0.25, 0.3) is 5.91 Å². The first-order chi connectivity index (χ1) is 13.9. The van der Waals surface area contributed by atoms with E-state index in [0.717, 1.165) is 12.1 Å². The summed E-state index contributed by atoms with van der Waals surface area (Å²) in [5, 5.41) is 7.20. The maximum atomic E-state index is 12.9. The molecule has 0 atom stereocenters. The lowest BCUT2D eigenvalue weighted by Gasteiger charge is -2.11. The first kappa shape index (κ1) is 20.4. The van der Waals surface area contributed by atoms with Gasteiger partial charge >= 0.3 is 5.97 Å². The van der Waals surface area contributed by atoms with Gasteiger partial charge in [-0.3, -0.25) is 14.8 Å². The number of nitrogens with one attached hydrogen (secondary N) is 1. The second kappa shape index (κ2) is 8.34. The van der Waals surface area contributed by atoms with Gasteiger partial charge in [0, 0.05) is 13.1 Å². The number of nitrogens with zero attached hydrogens (tertiary/aromatic N) is 4. The molecule has 0 saturated heterocycles. The van der Waals surface area contributed by atoms with Gasteiger partial charge in [-0.2, -0.15) is 5.10 Å². The molecule has 1 N–H and O–H groups in total. The molecule has 0 unspecified atom stereocenters. The molecule has 0 spiro atoms. The quantitative estimate of drug-likeness (QED) is 0.613. The van der Waals surface area contributed by atoms with E-state index in [1.165, 1.54) is 14.2 Å². The Kier molecular flexibility index (Phi) is 5.86. The molecule has 2 heterocycles. The van der Waals surface area contributed by atoms with Crippen LogP contribution in [-0.4, -0.2) is 45.4 Å². The molecule has 0 saturated carbocycles. The lowest BCUT2D eigenvalue weighted by Crippen LogP contribution is -2.20. The van der Waals surface area contributed by atoms with Crippen LogP contribution >= 0.6 is 0 Å². The van der Waals surface area contributed by atoms with E-state index in [9.17, 15) is 9.59 Å². The third kappa shape index (κ3) is 3.80. The molecule has 0 radical (unpaired) electrons. The Morgan fingerprint density at radius 1 is 1.17 bits per heavy atom. The first-order valence-corrected chi connectivity index (χ1v) is 9.45. The van der Waals surface area contributed by atoms with Crippen LogP contribution in [0.2, 0.25) is 0 Å². The van der Waals surface area contributed by atoms with Crippen LogP contribution in [0.5, 0.6) is 5.75 Å². The van der Waals surface area contributed by atoms with Crippen molar-refractivity contribution in [1.29, 1.82) is 0 Å². The number of aryl methyl sites for hydroxylation is 3. The Morgan fingerprint density at radius 2 is 1.93 bits per heavy atom. The smallest absolute Gasteiger partial charge is 0.338 e. The summed E-state index contributed by atoms with van der Waals surface area (Å²) in [6, 6.07) is 4.98. The highest BCUT2D eigenvalue weighted by Gasteiger charge is 2.21. The standard InChI is InChI=1S/C20H25N5O4/c1-6-8-24-17-14(10-13(19(27)29-5)11-16(17)28-4)21-20(24)22-18(26)15-9-12(3)23-25(15)7-2/h9-11H,6-8H2,1-5H3,(H,21,22,26). The normalized spacial score (nSPS) is 10.9. The Hall–Kier alpha value is -3.36. The van der Waals surface area contributed by atoms with Gasteiger partial charge in [0.2, 0.25) is 5.95 Å². The van der Waals surface area contributed by atoms with Crippen molar-refractivity contribution in [3.8, 4) is 5.75 Å². The van der Waals surface area contributed by atoms with Crippen LogP contribution in [0.15, 0.2) is 18.2 Å². The summed E-state index contributed by atoms with van der Waals surface area (Å²) in [6.45, 7) is 7.00. The minimum Gasteiger partial charge on any atom is -0.494 e. The molecule has 0 bridgehead atoms. The van der Waals surface area contributed by atoms with Crippen molar-refractivity contribution in [2.75, 3.05) is 19.5 Å². The van der Waals surface area contributed by atoms with Crippen molar-refractivity contribution >= 4 is 28.9 Å². The minimum absolute atomic E-state index is 0.299. The number of ether oxygens (including phenoxy) is 2. The molecular formula is C20H25N5O4. The molecule has 0 aliphatic rings. The zero-order valence-electron chi connectivity index (χ0n) is 17.3. The fourth-order valence-corrected chi connectivity index (χ4v) is 3.29. The van der Waals surface area contributed by atoms with Crippen LogP contribution in [0, 0.1) is 6.92 Å². The third-order valence-electron chi connectivity index (χ3n) is 4.55. The number of hydrogen-bond donors (Lipinski definition) is 1. The second-order valence-electron chi connectivity index (χ2n) is 6.57. The van der Waals surface area contributed by atoms with Gasteiger partial charge in [-0.15, -0.1) is 0 Å². The van der Waals surface area contributed by atoms with Crippen LogP contribution in [0.1, 0.15) is 46.8 Å². The number of benzene rings is 1. The fourth-order valence-electron chi connectivity index (χ4n) is 3.29. The molecule has 0 aliphatic carbocycles. The molecule has 0 aliphatic heterocycles. The lowest BCUT2D eigenvalue weighted by molar-refractivity contribution is 0.0600. The Bertz CT molecular complexity index is 1070. The van der Waals surface area contributed by atoms with Gasteiger partial charge in [0.05, 0.1) is 31.0 Å². The SMILES string of the molecule is CCCn1c(NC(=O)c2cc(C)nn2CC)nc2cc(C(=O)OC)cc(OC)c21. The number of esters is 1. The summed E-state index contributed by atoms with van der Waals surface area (Å²) in [5.74, 6) is 0.0860. The van der Waals surface area contributed by atoms with Crippen molar-refractivity contribution < 1.29 is 19.1 Å². The van der Waals surface area contributed by atoms with E-state index in [-0.39, 0.29) is 5.91 Å². The van der Waals surface area contributed by atoms with Crippen molar-refractivity contribution in [1.82, 2.24) is 19.3 Å². The monoisotopic (exact) mass is 399 g/mol. The van der Waals surface area contributed by atoms with Crippen LogP contribution in [-0.2, 0) is 17.8 Å². The number of methoxy groups -OCH3 is 2. The lowest BCUT2D eigenvalue weighted by atomic mass is 10.2.